The molecule has 0 spiro atoms. The standard InChI is InChI=1S/C23H20N4O4/c1-12(28)26-20-14(10-18(30)22-16(20)5-3-7-24-22)9-15-11-19(31)23-17(6-4-8-25-23)21(15)27-13(2)29/h3-8,10-11,30-31H,9H2,1-2H3,(H,26,28)(H,27,29). The Morgan fingerprint density at radius 2 is 1.23 bits per heavy atom. The summed E-state index contributed by atoms with van der Waals surface area (Å²) in [5, 5.41) is 27.9. The van der Waals surface area contributed by atoms with Crippen LogP contribution in [0.15, 0.2) is 48.8 Å². The second-order valence-corrected chi connectivity index (χ2v) is 7.20. The lowest BCUT2D eigenvalue weighted by Crippen LogP contribution is -2.12. The van der Waals surface area contributed by atoms with Crippen molar-refractivity contribution in [1.82, 2.24) is 9.97 Å². The van der Waals surface area contributed by atoms with Crippen LogP contribution in [0.4, 0.5) is 11.4 Å². The van der Waals surface area contributed by atoms with Gasteiger partial charge in [-0.05, 0) is 47.5 Å². The summed E-state index contributed by atoms with van der Waals surface area (Å²) >= 11 is 0. The fourth-order valence-corrected chi connectivity index (χ4v) is 3.71. The van der Waals surface area contributed by atoms with E-state index in [4.69, 9.17) is 0 Å². The zero-order chi connectivity index (χ0) is 22.1. The van der Waals surface area contributed by atoms with Gasteiger partial charge in [-0.1, -0.05) is 0 Å². The Morgan fingerprint density at radius 1 is 0.806 bits per heavy atom. The van der Waals surface area contributed by atoms with Gasteiger partial charge in [0.2, 0.25) is 11.8 Å². The van der Waals surface area contributed by atoms with Crippen molar-refractivity contribution in [1.29, 1.82) is 0 Å². The minimum atomic E-state index is -0.273. The lowest BCUT2D eigenvalue weighted by atomic mass is 9.96. The van der Waals surface area contributed by atoms with Gasteiger partial charge in [0.1, 0.15) is 22.5 Å². The molecule has 2 aromatic heterocycles. The number of hydrogen-bond acceptors (Lipinski definition) is 6. The van der Waals surface area contributed by atoms with Gasteiger partial charge >= 0.3 is 0 Å². The number of fused-ring (bicyclic) bond motifs is 2. The molecule has 0 unspecified atom stereocenters. The quantitative estimate of drug-likeness (QED) is 0.376. The van der Waals surface area contributed by atoms with Gasteiger partial charge in [0.05, 0.1) is 11.4 Å². The van der Waals surface area contributed by atoms with Crippen LogP contribution in [0.2, 0.25) is 0 Å². The van der Waals surface area contributed by atoms with Crippen LogP contribution in [0, 0.1) is 0 Å². The van der Waals surface area contributed by atoms with Crippen molar-refractivity contribution in [3.05, 3.63) is 59.9 Å². The number of aromatic hydroxyl groups is 2. The lowest BCUT2D eigenvalue weighted by molar-refractivity contribution is -0.115. The fourth-order valence-electron chi connectivity index (χ4n) is 3.71. The Morgan fingerprint density at radius 3 is 1.61 bits per heavy atom. The Labute approximate surface area is 177 Å². The van der Waals surface area contributed by atoms with Crippen molar-refractivity contribution in [2.45, 2.75) is 20.3 Å². The third-order valence-electron chi connectivity index (χ3n) is 4.89. The van der Waals surface area contributed by atoms with E-state index in [0.29, 0.717) is 44.3 Å². The number of nitrogens with zero attached hydrogens (tertiary/aromatic N) is 2. The summed E-state index contributed by atoms with van der Waals surface area (Å²) in [5.41, 5.74) is 2.94. The number of carbonyl (C=O) groups is 2. The smallest absolute Gasteiger partial charge is 0.221 e. The van der Waals surface area contributed by atoms with E-state index in [1.807, 2.05) is 0 Å². The van der Waals surface area contributed by atoms with Crippen molar-refractivity contribution in [2.75, 3.05) is 10.6 Å². The van der Waals surface area contributed by atoms with Crippen LogP contribution in [0.3, 0.4) is 0 Å². The van der Waals surface area contributed by atoms with Gasteiger partial charge in [0.25, 0.3) is 0 Å². The molecule has 0 radical (unpaired) electrons. The number of carbonyl (C=O) groups excluding carboxylic acids is 2. The SMILES string of the molecule is CC(=O)Nc1c(Cc2cc(O)c3ncccc3c2NC(C)=O)cc(O)c2ncccc12. The van der Waals surface area contributed by atoms with E-state index < -0.39 is 0 Å². The number of hydrogen-bond donors (Lipinski definition) is 4. The monoisotopic (exact) mass is 416 g/mol. The van der Waals surface area contributed by atoms with Crippen LogP contribution in [0.1, 0.15) is 25.0 Å². The van der Waals surface area contributed by atoms with Crippen LogP contribution in [0.25, 0.3) is 21.8 Å². The number of benzene rings is 2. The summed E-state index contributed by atoms with van der Waals surface area (Å²) in [5.74, 6) is -0.616. The molecule has 0 aliphatic carbocycles. The molecule has 0 saturated heterocycles. The molecule has 156 valence electrons. The highest BCUT2D eigenvalue weighted by Gasteiger charge is 2.19. The first kappa shape index (κ1) is 20.1. The molecule has 4 aromatic rings. The van der Waals surface area contributed by atoms with E-state index >= 15 is 0 Å². The number of amides is 2. The molecule has 0 fully saturated rings. The molecule has 0 aliphatic rings. The number of nitrogens with one attached hydrogen (secondary N) is 2. The van der Waals surface area contributed by atoms with E-state index in [1.54, 1.807) is 36.7 Å². The third kappa shape index (κ3) is 3.83. The van der Waals surface area contributed by atoms with Gasteiger partial charge in [-0.2, -0.15) is 0 Å². The van der Waals surface area contributed by atoms with Gasteiger partial charge in [-0.3, -0.25) is 19.6 Å². The summed E-state index contributed by atoms with van der Waals surface area (Å²) < 4.78 is 0. The van der Waals surface area contributed by atoms with Crippen LogP contribution in [-0.2, 0) is 16.0 Å². The molecule has 8 heteroatoms. The van der Waals surface area contributed by atoms with Crippen LogP contribution in [0.5, 0.6) is 11.5 Å². The molecule has 31 heavy (non-hydrogen) atoms. The van der Waals surface area contributed by atoms with E-state index in [1.165, 1.54) is 26.0 Å². The zero-order valence-corrected chi connectivity index (χ0v) is 16.9. The summed E-state index contributed by atoms with van der Waals surface area (Å²) in [6, 6.07) is 10.0. The Bertz CT molecular complexity index is 1250. The highest BCUT2D eigenvalue weighted by Crippen LogP contribution is 2.38. The van der Waals surface area contributed by atoms with Crippen LogP contribution >= 0.6 is 0 Å². The van der Waals surface area contributed by atoms with Crippen LogP contribution in [-0.4, -0.2) is 32.0 Å². The molecule has 0 saturated carbocycles. The number of anilines is 2. The molecule has 8 nitrogen and oxygen atoms in total. The number of pyridine rings is 2. The second-order valence-electron chi connectivity index (χ2n) is 7.20. The normalized spacial score (nSPS) is 10.9. The van der Waals surface area contributed by atoms with Gasteiger partial charge < -0.3 is 20.8 Å². The van der Waals surface area contributed by atoms with Gasteiger partial charge in [0, 0.05) is 43.4 Å². The summed E-state index contributed by atoms with van der Waals surface area (Å²) in [7, 11) is 0. The molecular weight excluding hydrogens is 396 g/mol. The van der Waals surface area contributed by atoms with E-state index in [2.05, 4.69) is 20.6 Å². The lowest BCUT2D eigenvalue weighted by Gasteiger charge is -2.18. The average Bonchev–Trinajstić information content (AvgIpc) is 2.73. The largest absolute Gasteiger partial charge is 0.506 e. The Balaban J connectivity index is 1.95. The highest BCUT2D eigenvalue weighted by atomic mass is 16.3. The minimum absolute atomic E-state index is 0.0348. The average molecular weight is 416 g/mol. The number of phenols is 2. The highest BCUT2D eigenvalue weighted by molar-refractivity contribution is 6.05. The maximum absolute atomic E-state index is 11.9. The maximum Gasteiger partial charge on any atom is 0.221 e. The minimum Gasteiger partial charge on any atom is -0.506 e. The Hall–Kier alpha value is -4.20. The molecule has 0 atom stereocenters. The second kappa shape index (κ2) is 7.91. The van der Waals surface area contributed by atoms with Gasteiger partial charge in [-0.15, -0.1) is 0 Å². The predicted octanol–water partition coefficient (Wildman–Crippen LogP) is 3.70. The van der Waals surface area contributed by atoms with Gasteiger partial charge in [-0.25, -0.2) is 0 Å². The van der Waals surface area contributed by atoms with Crippen molar-refractivity contribution in [2.24, 2.45) is 0 Å². The first-order valence-electron chi connectivity index (χ1n) is 9.59. The summed E-state index contributed by atoms with van der Waals surface area (Å²) in [6.45, 7) is 2.80. The van der Waals surface area contributed by atoms with Crippen molar-refractivity contribution in [3.8, 4) is 11.5 Å². The molecule has 4 rings (SSSR count). The molecule has 2 aromatic carbocycles. The summed E-state index contributed by atoms with van der Waals surface area (Å²) in [4.78, 5) is 32.2. The van der Waals surface area contributed by atoms with E-state index in [0.717, 1.165) is 0 Å². The van der Waals surface area contributed by atoms with E-state index in [9.17, 15) is 19.8 Å². The maximum atomic E-state index is 11.9. The zero-order valence-electron chi connectivity index (χ0n) is 16.9. The number of aromatic nitrogens is 2. The topological polar surface area (TPSA) is 124 Å². The molecule has 2 heterocycles. The fraction of sp³-hybridized carbons (Fsp3) is 0.130. The van der Waals surface area contributed by atoms with Crippen molar-refractivity contribution >= 4 is 45.0 Å². The van der Waals surface area contributed by atoms with Gasteiger partial charge in [0.15, 0.2) is 0 Å². The number of phenolic OH excluding ortho intramolecular Hbond substituents is 2. The first-order chi connectivity index (χ1) is 14.8. The molecular formula is C23H20N4O4. The first-order valence-corrected chi connectivity index (χ1v) is 9.59. The van der Waals surface area contributed by atoms with E-state index in [-0.39, 0.29) is 29.7 Å². The summed E-state index contributed by atoms with van der Waals surface area (Å²) in [6.07, 6.45) is 3.33. The van der Waals surface area contributed by atoms with Crippen molar-refractivity contribution < 1.29 is 19.8 Å². The van der Waals surface area contributed by atoms with Crippen molar-refractivity contribution in [3.63, 3.8) is 0 Å². The third-order valence-corrected chi connectivity index (χ3v) is 4.89. The Kier molecular flexibility index (Phi) is 5.12. The number of rotatable bonds is 4. The predicted molar refractivity (Wildman–Crippen MR) is 118 cm³/mol. The molecule has 4 N–H and O–H groups in total. The molecule has 0 aliphatic heterocycles. The molecule has 2 amide bonds. The molecule has 0 bridgehead atoms. The van der Waals surface area contributed by atoms with Crippen LogP contribution < -0.4 is 10.6 Å².